The molecule has 0 aliphatic heterocycles. The number of aryl methyl sites for hydroxylation is 1. The summed E-state index contributed by atoms with van der Waals surface area (Å²) in [6, 6.07) is 13.2. The van der Waals surface area contributed by atoms with Gasteiger partial charge in [0.05, 0.1) is 25.3 Å². The molecule has 0 saturated heterocycles. The number of nitrogens with zero attached hydrogens (tertiary/aromatic N) is 5. The smallest absolute Gasteiger partial charge is 0.352 e. The van der Waals surface area contributed by atoms with Crippen LogP contribution in [0.25, 0.3) is 5.65 Å². The lowest BCUT2D eigenvalue weighted by Gasteiger charge is -2.35. The Morgan fingerprint density at radius 1 is 1.20 bits per heavy atom. The van der Waals surface area contributed by atoms with Gasteiger partial charge in [0.1, 0.15) is 16.7 Å². The number of carbonyl (C=O) groups is 1. The maximum absolute atomic E-state index is 15.0. The summed E-state index contributed by atoms with van der Waals surface area (Å²) in [6.45, 7) is 6.31. The van der Waals surface area contributed by atoms with Crippen LogP contribution in [0.5, 0.6) is 5.88 Å². The summed E-state index contributed by atoms with van der Waals surface area (Å²) in [7, 11) is 1.40. The van der Waals surface area contributed by atoms with E-state index in [1.165, 1.54) is 23.8 Å². The van der Waals surface area contributed by atoms with Crippen LogP contribution in [0.1, 0.15) is 53.6 Å². The van der Waals surface area contributed by atoms with Gasteiger partial charge in [0.15, 0.2) is 5.65 Å². The van der Waals surface area contributed by atoms with Crippen molar-refractivity contribution in [3.8, 4) is 5.88 Å². The molecule has 1 atom stereocenters. The van der Waals surface area contributed by atoms with E-state index in [0.29, 0.717) is 24.4 Å². The van der Waals surface area contributed by atoms with E-state index in [9.17, 15) is 14.0 Å². The molecule has 2 aromatic heterocycles. The first-order valence-corrected chi connectivity index (χ1v) is 13.1. The Morgan fingerprint density at radius 3 is 2.50 bits per heavy atom. The van der Waals surface area contributed by atoms with Crippen molar-refractivity contribution < 1.29 is 13.9 Å². The second kappa shape index (κ2) is 13.3. The van der Waals surface area contributed by atoms with Gasteiger partial charge in [0.25, 0.3) is 11.8 Å². The topological polar surface area (TPSA) is 108 Å². The molecule has 2 aromatic carbocycles. The third-order valence-electron chi connectivity index (χ3n) is 6.51. The Balaban J connectivity index is 0.00000441. The lowest BCUT2D eigenvalue weighted by Crippen LogP contribution is -2.43. The first-order valence-electron chi connectivity index (χ1n) is 12.7. The van der Waals surface area contributed by atoms with Crippen LogP contribution in [-0.4, -0.2) is 50.2 Å². The minimum absolute atomic E-state index is 0. The van der Waals surface area contributed by atoms with E-state index >= 15 is 0 Å². The van der Waals surface area contributed by atoms with Gasteiger partial charge >= 0.3 is 5.69 Å². The first-order chi connectivity index (χ1) is 18.7. The number of hydrogen-bond acceptors (Lipinski definition) is 6. The first kappa shape index (κ1) is 31.1. The van der Waals surface area contributed by atoms with Gasteiger partial charge in [-0.25, -0.2) is 14.2 Å². The van der Waals surface area contributed by atoms with Crippen molar-refractivity contribution in [2.24, 2.45) is 11.7 Å². The molecule has 0 aliphatic rings. The standard InChI is InChI=1S/C28H32ClFN6O3.ClH/c1-17(2)23(34(14-8-13-31)27(37)20-12-11-18(3)15-21(20)30)25-32-24-22(29)26(39-4)33-36(24)28(38)35(25)16-19-9-6-5-7-10-19;/h5-7,9-12,15,17,23H,8,13-14,16,31H2,1-4H3;1H. The van der Waals surface area contributed by atoms with E-state index < -0.39 is 23.5 Å². The predicted molar refractivity (Wildman–Crippen MR) is 155 cm³/mol. The minimum atomic E-state index is -0.719. The number of hydrogen-bond donors (Lipinski definition) is 1. The van der Waals surface area contributed by atoms with Crippen LogP contribution >= 0.6 is 24.0 Å². The third-order valence-corrected chi connectivity index (χ3v) is 6.84. The lowest BCUT2D eigenvalue weighted by atomic mass is 9.99. The van der Waals surface area contributed by atoms with E-state index in [0.717, 1.165) is 10.1 Å². The molecule has 214 valence electrons. The van der Waals surface area contributed by atoms with Gasteiger partial charge in [0.2, 0.25) is 0 Å². The molecule has 0 spiro atoms. The predicted octanol–water partition coefficient (Wildman–Crippen LogP) is 4.66. The Bertz CT molecular complexity index is 1540. The van der Waals surface area contributed by atoms with Crippen molar-refractivity contribution in [3.05, 3.63) is 92.4 Å². The monoisotopic (exact) mass is 590 g/mol. The minimum Gasteiger partial charge on any atom is -0.479 e. The zero-order chi connectivity index (χ0) is 28.3. The van der Waals surface area contributed by atoms with Gasteiger partial charge in [0, 0.05) is 6.54 Å². The van der Waals surface area contributed by atoms with Crippen molar-refractivity contribution in [1.29, 1.82) is 0 Å². The second-order valence-electron chi connectivity index (χ2n) is 9.70. The third kappa shape index (κ3) is 6.14. The number of benzene rings is 2. The van der Waals surface area contributed by atoms with Crippen LogP contribution in [0.15, 0.2) is 53.3 Å². The molecule has 0 fully saturated rings. The van der Waals surface area contributed by atoms with Crippen molar-refractivity contribution in [3.63, 3.8) is 0 Å². The number of amides is 1. The normalized spacial score (nSPS) is 11.9. The van der Waals surface area contributed by atoms with Crippen LogP contribution in [0.4, 0.5) is 4.39 Å². The number of methoxy groups -OCH3 is 1. The van der Waals surface area contributed by atoms with Crippen LogP contribution in [0.3, 0.4) is 0 Å². The highest BCUT2D eigenvalue weighted by atomic mass is 35.5. The SMILES string of the molecule is COc1nn2c(=O)n(Cc3ccccc3)c(C(C(C)C)N(CCCN)C(=O)c3ccc(C)cc3F)nc2c1Cl.Cl. The Kier molecular flexibility index (Phi) is 10.3. The largest absolute Gasteiger partial charge is 0.479 e. The molecule has 9 nitrogen and oxygen atoms in total. The number of halogens is 3. The fraction of sp³-hybridized carbons (Fsp3) is 0.357. The fourth-order valence-electron chi connectivity index (χ4n) is 4.63. The molecule has 1 unspecified atom stereocenters. The zero-order valence-corrected chi connectivity index (χ0v) is 24.4. The van der Waals surface area contributed by atoms with Crippen molar-refractivity contribution >= 4 is 35.6 Å². The highest BCUT2D eigenvalue weighted by Crippen LogP contribution is 2.32. The highest BCUT2D eigenvalue weighted by molar-refractivity contribution is 6.34. The van der Waals surface area contributed by atoms with Gasteiger partial charge in [-0.05, 0) is 49.1 Å². The van der Waals surface area contributed by atoms with Crippen molar-refractivity contribution in [2.45, 2.75) is 39.8 Å². The van der Waals surface area contributed by atoms with Crippen LogP contribution in [0, 0.1) is 18.7 Å². The number of aromatic nitrogens is 4. The Morgan fingerprint density at radius 2 is 1.90 bits per heavy atom. The molecule has 4 aromatic rings. The quantitative estimate of drug-likeness (QED) is 0.288. The Labute approximate surface area is 243 Å². The van der Waals surface area contributed by atoms with E-state index in [-0.39, 0.29) is 53.5 Å². The molecular formula is C28H33Cl2FN6O3. The molecule has 0 bridgehead atoms. The molecule has 0 radical (unpaired) electrons. The van der Waals surface area contributed by atoms with E-state index in [1.807, 2.05) is 44.2 Å². The summed E-state index contributed by atoms with van der Waals surface area (Å²) < 4.78 is 22.8. The molecule has 1 amide bonds. The summed E-state index contributed by atoms with van der Waals surface area (Å²) in [5, 5.41) is 4.27. The van der Waals surface area contributed by atoms with Gasteiger partial charge in [-0.2, -0.15) is 4.52 Å². The van der Waals surface area contributed by atoms with E-state index in [2.05, 4.69) is 5.10 Å². The average Bonchev–Trinajstić information content (AvgIpc) is 3.23. The Hall–Kier alpha value is -3.47. The van der Waals surface area contributed by atoms with Crippen molar-refractivity contribution in [1.82, 2.24) is 24.1 Å². The second-order valence-corrected chi connectivity index (χ2v) is 10.1. The molecule has 2 heterocycles. The lowest BCUT2D eigenvalue weighted by molar-refractivity contribution is 0.0597. The van der Waals surface area contributed by atoms with Gasteiger partial charge in [-0.1, -0.05) is 61.8 Å². The average molecular weight is 592 g/mol. The molecule has 12 heteroatoms. The number of fused-ring (bicyclic) bond motifs is 1. The number of nitrogens with two attached hydrogens (primary N) is 1. The maximum Gasteiger partial charge on any atom is 0.352 e. The summed E-state index contributed by atoms with van der Waals surface area (Å²) in [5.74, 6) is -0.997. The van der Waals surface area contributed by atoms with Gasteiger partial charge < -0.3 is 15.4 Å². The molecular weight excluding hydrogens is 558 g/mol. The number of carbonyl (C=O) groups excluding carboxylic acids is 1. The van der Waals surface area contributed by atoms with Gasteiger partial charge in [-0.3, -0.25) is 9.36 Å². The van der Waals surface area contributed by atoms with Gasteiger partial charge in [-0.15, -0.1) is 17.5 Å². The summed E-state index contributed by atoms with van der Waals surface area (Å²) in [4.78, 5) is 34.1. The molecule has 0 aliphatic carbocycles. The molecule has 40 heavy (non-hydrogen) atoms. The van der Waals surface area contributed by atoms with Crippen LogP contribution < -0.4 is 16.2 Å². The number of rotatable bonds is 10. The zero-order valence-electron chi connectivity index (χ0n) is 22.8. The highest BCUT2D eigenvalue weighted by Gasteiger charge is 2.34. The summed E-state index contributed by atoms with van der Waals surface area (Å²) in [5.41, 5.74) is 6.91. The van der Waals surface area contributed by atoms with Crippen LogP contribution in [0.2, 0.25) is 5.02 Å². The number of ether oxygens (including phenoxy) is 1. The maximum atomic E-state index is 15.0. The van der Waals surface area contributed by atoms with Crippen LogP contribution in [-0.2, 0) is 6.54 Å². The fourth-order valence-corrected chi connectivity index (χ4v) is 4.86. The van der Waals surface area contributed by atoms with E-state index in [1.54, 1.807) is 17.9 Å². The molecule has 2 N–H and O–H groups in total. The summed E-state index contributed by atoms with van der Waals surface area (Å²) >= 11 is 6.49. The van der Waals surface area contributed by atoms with E-state index in [4.69, 9.17) is 27.1 Å². The molecule has 0 saturated carbocycles. The van der Waals surface area contributed by atoms with Crippen molar-refractivity contribution in [2.75, 3.05) is 20.2 Å². The summed E-state index contributed by atoms with van der Waals surface area (Å²) in [6.07, 6.45) is 0.467. The molecule has 4 rings (SSSR count).